The number of carbonyl (C=O) groups excluding carboxylic acids is 2. The average Bonchev–Trinajstić information content (AvgIpc) is 3.19. The minimum atomic E-state index is -0.475. The monoisotopic (exact) mass is 334 g/mol. The standard InChI is InChI=1S/C14H18N6O4/c1-8(2)19-4-5-20-12(14(19)22)9(16-18-20)7-15-13(21)10-6-11(23-3)17-24-10/h6,8H,4-5,7H2,1-3H3,(H,15,21). The minimum absolute atomic E-state index is 0.0167. The number of rotatable bonds is 5. The summed E-state index contributed by atoms with van der Waals surface area (Å²) in [6.07, 6.45) is 0. The maximum absolute atomic E-state index is 12.6. The summed E-state index contributed by atoms with van der Waals surface area (Å²) in [5, 5.41) is 14.2. The lowest BCUT2D eigenvalue weighted by Crippen LogP contribution is -2.44. The molecule has 0 fully saturated rings. The fourth-order valence-corrected chi connectivity index (χ4v) is 2.50. The van der Waals surface area contributed by atoms with Crippen molar-refractivity contribution in [2.75, 3.05) is 13.7 Å². The Morgan fingerprint density at radius 2 is 2.25 bits per heavy atom. The zero-order valence-electron chi connectivity index (χ0n) is 13.6. The van der Waals surface area contributed by atoms with Crippen molar-refractivity contribution < 1.29 is 18.8 Å². The lowest BCUT2D eigenvalue weighted by Gasteiger charge is -2.30. The van der Waals surface area contributed by atoms with Gasteiger partial charge in [-0.15, -0.1) is 5.10 Å². The Morgan fingerprint density at radius 1 is 1.46 bits per heavy atom. The van der Waals surface area contributed by atoms with Crippen LogP contribution in [0.4, 0.5) is 0 Å². The van der Waals surface area contributed by atoms with Gasteiger partial charge in [-0.2, -0.15) is 0 Å². The highest BCUT2D eigenvalue weighted by atomic mass is 16.5. The first-order valence-electron chi connectivity index (χ1n) is 7.53. The van der Waals surface area contributed by atoms with E-state index in [1.165, 1.54) is 13.2 Å². The number of amides is 2. The summed E-state index contributed by atoms with van der Waals surface area (Å²) in [6, 6.07) is 1.47. The summed E-state index contributed by atoms with van der Waals surface area (Å²) in [6.45, 7) is 5.15. The number of ether oxygens (including phenoxy) is 1. The molecule has 0 saturated carbocycles. The van der Waals surface area contributed by atoms with E-state index >= 15 is 0 Å². The van der Waals surface area contributed by atoms with Crippen molar-refractivity contribution >= 4 is 11.8 Å². The van der Waals surface area contributed by atoms with Gasteiger partial charge in [-0.3, -0.25) is 9.59 Å². The number of nitrogens with zero attached hydrogens (tertiary/aromatic N) is 5. The molecule has 2 aromatic heterocycles. The Morgan fingerprint density at radius 3 is 2.92 bits per heavy atom. The van der Waals surface area contributed by atoms with E-state index in [1.807, 2.05) is 13.8 Å². The molecule has 24 heavy (non-hydrogen) atoms. The van der Waals surface area contributed by atoms with E-state index in [9.17, 15) is 9.59 Å². The van der Waals surface area contributed by atoms with Crippen molar-refractivity contribution in [1.82, 2.24) is 30.4 Å². The molecule has 1 N–H and O–H groups in total. The quantitative estimate of drug-likeness (QED) is 0.822. The van der Waals surface area contributed by atoms with Gasteiger partial charge in [0.15, 0.2) is 5.69 Å². The van der Waals surface area contributed by atoms with Crippen LogP contribution in [-0.4, -0.2) is 56.6 Å². The molecule has 0 spiro atoms. The third-order valence-electron chi connectivity index (χ3n) is 3.78. The van der Waals surface area contributed by atoms with Crippen molar-refractivity contribution in [2.24, 2.45) is 0 Å². The smallest absolute Gasteiger partial charge is 0.290 e. The molecule has 0 unspecified atom stereocenters. The molecule has 3 heterocycles. The Kier molecular flexibility index (Phi) is 4.19. The van der Waals surface area contributed by atoms with Crippen molar-refractivity contribution in [1.29, 1.82) is 0 Å². The maximum Gasteiger partial charge on any atom is 0.290 e. The molecule has 0 saturated heterocycles. The van der Waals surface area contributed by atoms with Crippen LogP contribution in [0.5, 0.6) is 5.88 Å². The van der Waals surface area contributed by atoms with Gasteiger partial charge < -0.3 is 19.5 Å². The number of hydrogen-bond donors (Lipinski definition) is 1. The van der Waals surface area contributed by atoms with Crippen LogP contribution < -0.4 is 10.1 Å². The predicted octanol–water partition coefficient (Wildman–Crippen LogP) is 0.0689. The SMILES string of the molecule is COc1cc(C(=O)NCc2nnn3c2C(=O)N(C(C)C)CC3)on1. The first-order chi connectivity index (χ1) is 11.5. The van der Waals surface area contributed by atoms with E-state index in [0.717, 1.165) is 0 Å². The molecule has 2 amide bonds. The van der Waals surface area contributed by atoms with Crippen LogP contribution in [0.25, 0.3) is 0 Å². The minimum Gasteiger partial charge on any atom is -0.479 e. The van der Waals surface area contributed by atoms with Crippen LogP contribution in [-0.2, 0) is 13.1 Å². The van der Waals surface area contributed by atoms with Crippen LogP contribution in [0.2, 0.25) is 0 Å². The van der Waals surface area contributed by atoms with Gasteiger partial charge in [0, 0.05) is 12.6 Å². The number of carbonyl (C=O) groups is 2. The summed E-state index contributed by atoms with van der Waals surface area (Å²) < 4.78 is 11.3. The third-order valence-corrected chi connectivity index (χ3v) is 3.78. The van der Waals surface area contributed by atoms with Crippen molar-refractivity contribution in [2.45, 2.75) is 33.0 Å². The molecule has 128 valence electrons. The summed E-state index contributed by atoms with van der Waals surface area (Å²) in [5.41, 5.74) is 0.829. The second kappa shape index (κ2) is 6.30. The van der Waals surface area contributed by atoms with Crippen molar-refractivity contribution in [3.8, 4) is 5.88 Å². The molecule has 0 aliphatic carbocycles. The molecule has 0 aromatic carbocycles. The van der Waals surface area contributed by atoms with Crippen LogP contribution in [0.1, 0.15) is 40.6 Å². The highest BCUT2D eigenvalue weighted by Gasteiger charge is 2.31. The van der Waals surface area contributed by atoms with Crippen LogP contribution in [0.15, 0.2) is 10.6 Å². The number of methoxy groups -OCH3 is 1. The van der Waals surface area contributed by atoms with E-state index < -0.39 is 5.91 Å². The molecule has 3 rings (SSSR count). The normalized spacial score (nSPS) is 14.0. The second-order valence-corrected chi connectivity index (χ2v) is 5.62. The Labute approximate surface area is 137 Å². The Hall–Kier alpha value is -2.91. The Bertz CT molecular complexity index is 765. The van der Waals surface area contributed by atoms with E-state index in [-0.39, 0.29) is 30.1 Å². The lowest BCUT2D eigenvalue weighted by molar-refractivity contribution is 0.0639. The zero-order chi connectivity index (χ0) is 17.3. The summed E-state index contributed by atoms with van der Waals surface area (Å²) >= 11 is 0. The van der Waals surface area contributed by atoms with Gasteiger partial charge in [0.1, 0.15) is 5.69 Å². The fraction of sp³-hybridized carbons (Fsp3) is 0.500. The number of nitrogens with one attached hydrogen (secondary N) is 1. The molecule has 1 aliphatic rings. The molecule has 0 radical (unpaired) electrons. The van der Waals surface area contributed by atoms with Gasteiger partial charge in [-0.1, -0.05) is 5.21 Å². The molecule has 0 bridgehead atoms. The average molecular weight is 334 g/mol. The van der Waals surface area contributed by atoms with Crippen molar-refractivity contribution in [3.63, 3.8) is 0 Å². The summed E-state index contributed by atoms with van der Waals surface area (Å²) in [7, 11) is 1.43. The van der Waals surface area contributed by atoms with Gasteiger partial charge >= 0.3 is 0 Å². The number of hydrogen-bond acceptors (Lipinski definition) is 7. The summed E-state index contributed by atoms with van der Waals surface area (Å²) in [5.74, 6) is -0.379. The zero-order valence-corrected chi connectivity index (χ0v) is 13.6. The highest BCUT2D eigenvalue weighted by Crippen LogP contribution is 2.17. The van der Waals surface area contributed by atoms with E-state index in [2.05, 4.69) is 20.8 Å². The third kappa shape index (κ3) is 2.82. The molecular formula is C14H18N6O4. The van der Waals surface area contributed by atoms with E-state index in [4.69, 9.17) is 9.26 Å². The second-order valence-electron chi connectivity index (χ2n) is 5.62. The highest BCUT2D eigenvalue weighted by molar-refractivity contribution is 5.95. The van der Waals surface area contributed by atoms with Crippen LogP contribution in [0, 0.1) is 0 Å². The van der Waals surface area contributed by atoms with Gasteiger partial charge in [0.25, 0.3) is 17.7 Å². The number of aromatic nitrogens is 4. The topological polar surface area (TPSA) is 115 Å². The fourth-order valence-electron chi connectivity index (χ4n) is 2.50. The van der Waals surface area contributed by atoms with Gasteiger partial charge in [0.05, 0.1) is 26.3 Å². The molecule has 10 heteroatoms. The summed E-state index contributed by atoms with van der Waals surface area (Å²) in [4.78, 5) is 26.4. The van der Waals surface area contributed by atoms with E-state index in [1.54, 1.807) is 9.58 Å². The molecule has 1 aliphatic heterocycles. The largest absolute Gasteiger partial charge is 0.479 e. The van der Waals surface area contributed by atoms with Crippen LogP contribution in [0.3, 0.4) is 0 Å². The van der Waals surface area contributed by atoms with E-state index in [0.29, 0.717) is 24.5 Å². The Balaban J connectivity index is 1.72. The van der Waals surface area contributed by atoms with Gasteiger partial charge in [-0.05, 0) is 19.0 Å². The molecular weight excluding hydrogens is 316 g/mol. The first-order valence-corrected chi connectivity index (χ1v) is 7.53. The molecule has 2 aromatic rings. The first kappa shape index (κ1) is 16.0. The molecule has 0 atom stereocenters. The van der Waals surface area contributed by atoms with Crippen molar-refractivity contribution in [3.05, 3.63) is 23.2 Å². The predicted molar refractivity (Wildman–Crippen MR) is 80.4 cm³/mol. The maximum atomic E-state index is 12.6. The van der Waals surface area contributed by atoms with Crippen LogP contribution >= 0.6 is 0 Å². The lowest BCUT2D eigenvalue weighted by atomic mass is 10.2. The van der Waals surface area contributed by atoms with Gasteiger partial charge in [0.2, 0.25) is 5.76 Å². The molecule has 10 nitrogen and oxygen atoms in total. The van der Waals surface area contributed by atoms with Gasteiger partial charge in [-0.25, -0.2) is 4.68 Å². The number of fused-ring (bicyclic) bond motifs is 1.